The maximum absolute atomic E-state index is 12.7. The molecule has 0 fully saturated rings. The van der Waals surface area contributed by atoms with Gasteiger partial charge in [0.2, 0.25) is 0 Å². The molecule has 0 amide bonds. The average Bonchev–Trinajstić information content (AvgIpc) is 2.82. The zero-order valence-corrected chi connectivity index (χ0v) is 20.0. The van der Waals surface area contributed by atoms with Crippen molar-refractivity contribution in [1.82, 2.24) is 0 Å². The normalized spacial score (nSPS) is 12.3. The van der Waals surface area contributed by atoms with Crippen molar-refractivity contribution in [3.05, 3.63) is 59.7 Å². The molecule has 0 N–H and O–H groups in total. The number of rotatable bonds is 15. The second-order valence-electron chi connectivity index (χ2n) is 8.33. The van der Waals surface area contributed by atoms with Crippen LogP contribution in [0.1, 0.15) is 69.4 Å². The first-order valence-corrected chi connectivity index (χ1v) is 11.8. The largest absolute Gasteiger partial charge is 0.416 e. The molecule has 2 rings (SSSR count). The van der Waals surface area contributed by atoms with Gasteiger partial charge in [0.15, 0.2) is 0 Å². The van der Waals surface area contributed by atoms with Crippen LogP contribution in [0.15, 0.2) is 48.5 Å². The molecule has 0 radical (unpaired) electrons. The van der Waals surface area contributed by atoms with Gasteiger partial charge in [0, 0.05) is 20.6 Å². The van der Waals surface area contributed by atoms with Crippen LogP contribution in [-0.4, -0.2) is 26.8 Å². The van der Waals surface area contributed by atoms with Crippen molar-refractivity contribution >= 4 is 0 Å². The Morgan fingerprint density at radius 1 is 0.697 bits per heavy atom. The van der Waals surface area contributed by atoms with E-state index in [2.05, 4.69) is 6.92 Å². The summed E-state index contributed by atoms with van der Waals surface area (Å²) in [5, 5.41) is 0. The average molecular weight is 467 g/mol. The molecule has 0 saturated heterocycles. The summed E-state index contributed by atoms with van der Waals surface area (Å²) in [5.74, 6) is -1.02. The fraction of sp³-hybridized carbons (Fsp3) is 0.556. The number of alkyl halides is 3. The van der Waals surface area contributed by atoms with Gasteiger partial charge < -0.3 is 14.2 Å². The third-order valence-electron chi connectivity index (χ3n) is 5.92. The molecule has 0 unspecified atom stereocenters. The molecule has 3 nitrogen and oxygen atoms in total. The molecule has 0 atom stereocenters. The first-order valence-electron chi connectivity index (χ1n) is 11.8. The summed E-state index contributed by atoms with van der Waals surface area (Å²) in [4.78, 5) is 0. The van der Waals surface area contributed by atoms with Gasteiger partial charge in [0.05, 0.1) is 12.2 Å². The van der Waals surface area contributed by atoms with Gasteiger partial charge in [-0.2, -0.15) is 13.2 Å². The number of halogens is 3. The molecule has 33 heavy (non-hydrogen) atoms. The van der Waals surface area contributed by atoms with Crippen molar-refractivity contribution < 1.29 is 27.4 Å². The number of ether oxygens (including phenoxy) is 3. The van der Waals surface area contributed by atoms with E-state index in [1.165, 1.54) is 44.2 Å². The van der Waals surface area contributed by atoms with E-state index in [4.69, 9.17) is 14.2 Å². The quantitative estimate of drug-likeness (QED) is 0.196. The summed E-state index contributed by atoms with van der Waals surface area (Å²) in [7, 11) is 3.20. The molecular formula is C27H37F3O3. The lowest BCUT2D eigenvalue weighted by atomic mass is 10.0. The van der Waals surface area contributed by atoms with Crippen LogP contribution >= 0.6 is 0 Å². The molecule has 0 aliphatic rings. The van der Waals surface area contributed by atoms with Crippen molar-refractivity contribution in [3.63, 3.8) is 0 Å². The highest BCUT2D eigenvalue weighted by atomic mass is 19.4. The number of hydrogen-bond acceptors (Lipinski definition) is 3. The first-order chi connectivity index (χ1) is 15.8. The number of hydrogen-bond donors (Lipinski definition) is 0. The highest BCUT2D eigenvalue weighted by Crippen LogP contribution is 2.31. The van der Waals surface area contributed by atoms with Crippen molar-refractivity contribution in [2.75, 3.05) is 20.8 Å². The van der Waals surface area contributed by atoms with E-state index < -0.39 is 17.7 Å². The Morgan fingerprint density at radius 3 is 1.73 bits per heavy atom. The topological polar surface area (TPSA) is 27.7 Å². The highest BCUT2D eigenvalue weighted by molar-refractivity contribution is 5.64. The predicted molar refractivity (Wildman–Crippen MR) is 126 cm³/mol. The van der Waals surface area contributed by atoms with E-state index in [-0.39, 0.29) is 0 Å². The van der Waals surface area contributed by atoms with Crippen LogP contribution in [-0.2, 0) is 26.8 Å². The van der Waals surface area contributed by atoms with Crippen LogP contribution in [0.3, 0.4) is 0 Å². The van der Waals surface area contributed by atoms with Gasteiger partial charge in [-0.15, -0.1) is 0 Å². The van der Waals surface area contributed by atoms with Gasteiger partial charge >= 0.3 is 6.18 Å². The molecule has 0 aromatic heterocycles. The summed E-state index contributed by atoms with van der Waals surface area (Å²) in [5.41, 5.74) is 2.05. The number of unbranched alkanes of at least 4 members (excludes halogenated alkanes) is 6. The van der Waals surface area contributed by atoms with Gasteiger partial charge in [0.1, 0.15) is 0 Å². The van der Waals surface area contributed by atoms with Crippen LogP contribution in [0.4, 0.5) is 13.2 Å². The maximum Gasteiger partial charge on any atom is 0.416 e. The summed E-state index contributed by atoms with van der Waals surface area (Å²) < 4.78 is 55.3. The highest BCUT2D eigenvalue weighted by Gasteiger charge is 2.31. The molecule has 0 saturated carbocycles. The standard InChI is InChI=1S/C27H37F3O3/c1-4-5-6-7-8-9-10-20-26(31-2,32-3)33-21-19-22-11-13-23(14-12-22)24-15-17-25(18-16-24)27(28,29)30/h11-18H,4-10,19-21H2,1-3H3. The molecule has 0 bridgehead atoms. The zero-order valence-electron chi connectivity index (χ0n) is 20.0. The summed E-state index contributed by atoms with van der Waals surface area (Å²) in [6.07, 6.45) is 5.48. The van der Waals surface area contributed by atoms with E-state index in [0.29, 0.717) is 19.4 Å². The monoisotopic (exact) mass is 466 g/mol. The maximum atomic E-state index is 12.7. The Balaban J connectivity index is 1.81. The molecule has 0 heterocycles. The number of methoxy groups -OCH3 is 2. The lowest BCUT2D eigenvalue weighted by Crippen LogP contribution is -2.37. The van der Waals surface area contributed by atoms with Crippen LogP contribution in [0.2, 0.25) is 0 Å². The summed E-state index contributed by atoms with van der Waals surface area (Å²) in [6, 6.07) is 13.0. The molecule has 0 spiro atoms. The van der Waals surface area contributed by atoms with Gasteiger partial charge in [-0.1, -0.05) is 81.8 Å². The Kier molecular flexibility index (Phi) is 11.4. The van der Waals surface area contributed by atoms with Crippen molar-refractivity contribution in [1.29, 1.82) is 0 Å². The minimum Gasteiger partial charge on any atom is -0.331 e. The van der Waals surface area contributed by atoms with E-state index in [1.54, 1.807) is 14.2 Å². The Hall–Kier alpha value is -1.89. The predicted octanol–water partition coefficient (Wildman–Crippen LogP) is 8.02. The summed E-state index contributed by atoms with van der Waals surface area (Å²) >= 11 is 0. The van der Waals surface area contributed by atoms with Gasteiger partial charge in [-0.05, 0) is 41.7 Å². The Morgan fingerprint density at radius 2 is 1.21 bits per heavy atom. The second kappa shape index (κ2) is 13.7. The molecule has 2 aromatic rings. The smallest absolute Gasteiger partial charge is 0.331 e. The fourth-order valence-electron chi connectivity index (χ4n) is 3.82. The van der Waals surface area contributed by atoms with Crippen molar-refractivity contribution in [2.45, 2.75) is 76.9 Å². The van der Waals surface area contributed by atoms with E-state index in [9.17, 15) is 13.2 Å². The lowest BCUT2D eigenvalue weighted by molar-refractivity contribution is -0.365. The molecule has 6 heteroatoms. The van der Waals surface area contributed by atoms with E-state index >= 15 is 0 Å². The fourth-order valence-corrected chi connectivity index (χ4v) is 3.82. The van der Waals surface area contributed by atoms with Crippen molar-refractivity contribution in [2.24, 2.45) is 0 Å². The molecule has 2 aromatic carbocycles. The zero-order chi connectivity index (χ0) is 24.2. The Labute approximate surface area is 196 Å². The molecular weight excluding hydrogens is 429 g/mol. The minimum absolute atomic E-state index is 0.442. The van der Waals surface area contributed by atoms with Gasteiger partial charge in [0.25, 0.3) is 5.97 Å². The SMILES string of the molecule is CCCCCCCCCC(OC)(OC)OCCc1ccc(-c2ccc(C(F)(F)F)cc2)cc1. The Bertz CT molecular complexity index is 782. The van der Waals surface area contributed by atoms with Crippen LogP contribution in [0.5, 0.6) is 0 Å². The third kappa shape index (κ3) is 9.11. The lowest BCUT2D eigenvalue weighted by Gasteiger charge is -2.30. The van der Waals surface area contributed by atoms with Gasteiger partial charge in [-0.25, -0.2) is 0 Å². The molecule has 0 aliphatic carbocycles. The van der Waals surface area contributed by atoms with E-state index in [0.717, 1.165) is 41.7 Å². The van der Waals surface area contributed by atoms with Crippen LogP contribution < -0.4 is 0 Å². The minimum atomic E-state index is -4.32. The third-order valence-corrected chi connectivity index (χ3v) is 5.92. The first kappa shape index (κ1) is 27.4. The summed E-state index contributed by atoms with van der Waals surface area (Å²) in [6.45, 7) is 2.66. The van der Waals surface area contributed by atoms with Crippen molar-refractivity contribution in [3.8, 4) is 11.1 Å². The molecule has 184 valence electrons. The van der Waals surface area contributed by atoms with Crippen LogP contribution in [0.25, 0.3) is 11.1 Å². The molecule has 0 aliphatic heterocycles. The number of benzene rings is 2. The van der Waals surface area contributed by atoms with Crippen LogP contribution in [0, 0.1) is 0 Å². The van der Waals surface area contributed by atoms with E-state index in [1.807, 2.05) is 24.3 Å². The second-order valence-corrected chi connectivity index (χ2v) is 8.33. The van der Waals surface area contributed by atoms with Gasteiger partial charge in [-0.3, -0.25) is 0 Å².